The lowest BCUT2D eigenvalue weighted by Gasteiger charge is -2.43. The van der Waals surface area contributed by atoms with Crippen LogP contribution >= 0.6 is 0 Å². The summed E-state index contributed by atoms with van der Waals surface area (Å²) in [6.07, 6.45) is 2.03. The van der Waals surface area contributed by atoms with E-state index in [2.05, 4.69) is 5.32 Å². The molecule has 5 nitrogen and oxygen atoms in total. The Bertz CT molecular complexity index is 412. The van der Waals surface area contributed by atoms with Crippen LogP contribution in [0.5, 0.6) is 0 Å². The molecule has 2 fully saturated rings. The fourth-order valence-electron chi connectivity index (χ4n) is 2.71. The summed E-state index contributed by atoms with van der Waals surface area (Å²) < 4.78 is 5.68. The van der Waals surface area contributed by atoms with Crippen LogP contribution in [-0.2, 0) is 14.3 Å². The minimum atomic E-state index is -0.717. The van der Waals surface area contributed by atoms with E-state index < -0.39 is 11.6 Å². The average Bonchev–Trinajstić information content (AvgIpc) is 3.14. The molecule has 2 atom stereocenters. The van der Waals surface area contributed by atoms with Gasteiger partial charge < -0.3 is 15.0 Å². The maximum absolute atomic E-state index is 12.7. The zero-order chi connectivity index (χ0) is 15.1. The number of hydrogen-bond donors (Lipinski definition) is 1. The molecule has 114 valence electrons. The summed E-state index contributed by atoms with van der Waals surface area (Å²) >= 11 is 0. The van der Waals surface area contributed by atoms with Crippen LogP contribution in [0.3, 0.4) is 0 Å². The lowest BCUT2D eigenvalue weighted by Crippen LogP contribution is -2.69. The van der Waals surface area contributed by atoms with Crippen molar-refractivity contribution in [2.45, 2.75) is 64.6 Å². The number of nitrogens with zero attached hydrogens (tertiary/aromatic N) is 1. The van der Waals surface area contributed by atoms with Crippen LogP contribution < -0.4 is 5.32 Å². The predicted octanol–water partition coefficient (Wildman–Crippen LogP) is 1.32. The smallest absolute Gasteiger partial charge is 0.249 e. The third kappa shape index (κ3) is 2.97. The summed E-state index contributed by atoms with van der Waals surface area (Å²) in [6, 6.07) is -0.419. The minimum absolute atomic E-state index is 0.0320. The molecule has 0 aromatic rings. The molecule has 20 heavy (non-hydrogen) atoms. The maximum atomic E-state index is 12.7. The van der Waals surface area contributed by atoms with Crippen molar-refractivity contribution >= 4 is 11.8 Å². The van der Waals surface area contributed by atoms with Crippen molar-refractivity contribution < 1.29 is 14.3 Å². The molecule has 5 heteroatoms. The highest BCUT2D eigenvalue weighted by molar-refractivity contribution is 5.99. The molecule has 1 aliphatic carbocycles. The summed E-state index contributed by atoms with van der Waals surface area (Å²) in [7, 11) is 0. The Morgan fingerprint density at radius 3 is 2.45 bits per heavy atom. The van der Waals surface area contributed by atoms with Gasteiger partial charge in [0.1, 0.15) is 11.6 Å². The molecule has 1 saturated carbocycles. The standard InChI is InChI=1S/C15H26N2O3/c1-10-12(18)16-15(5,11-6-7-11)13(19)17(10)8-9-20-14(2,3)4/h10-11H,6-9H2,1-5H3,(H,16,18). The van der Waals surface area contributed by atoms with E-state index in [1.54, 1.807) is 11.8 Å². The Kier molecular flexibility index (Phi) is 3.84. The first-order chi connectivity index (χ1) is 9.15. The first-order valence-electron chi connectivity index (χ1n) is 7.42. The van der Waals surface area contributed by atoms with E-state index in [1.807, 2.05) is 27.7 Å². The van der Waals surface area contributed by atoms with Crippen LogP contribution in [-0.4, -0.2) is 47.0 Å². The number of hydrogen-bond acceptors (Lipinski definition) is 3. The first-order valence-corrected chi connectivity index (χ1v) is 7.42. The van der Waals surface area contributed by atoms with Gasteiger partial charge in [0.15, 0.2) is 0 Å². The number of carbonyl (C=O) groups is 2. The third-order valence-electron chi connectivity index (χ3n) is 4.20. The van der Waals surface area contributed by atoms with Gasteiger partial charge in [0, 0.05) is 6.54 Å². The lowest BCUT2D eigenvalue weighted by atomic mass is 9.90. The Morgan fingerprint density at radius 2 is 1.95 bits per heavy atom. The van der Waals surface area contributed by atoms with E-state index >= 15 is 0 Å². The molecule has 1 heterocycles. The summed E-state index contributed by atoms with van der Waals surface area (Å²) in [4.78, 5) is 26.5. The van der Waals surface area contributed by atoms with Crippen molar-refractivity contribution in [2.24, 2.45) is 5.92 Å². The molecule has 2 unspecified atom stereocenters. The number of carbonyl (C=O) groups excluding carboxylic acids is 2. The SMILES string of the molecule is CC1C(=O)NC(C)(C2CC2)C(=O)N1CCOC(C)(C)C. The fourth-order valence-corrected chi connectivity index (χ4v) is 2.71. The van der Waals surface area contributed by atoms with Crippen molar-refractivity contribution in [1.82, 2.24) is 10.2 Å². The quantitative estimate of drug-likeness (QED) is 0.846. The minimum Gasteiger partial charge on any atom is -0.374 e. The second-order valence-electron chi connectivity index (χ2n) is 7.10. The highest BCUT2D eigenvalue weighted by Crippen LogP contribution is 2.42. The van der Waals surface area contributed by atoms with E-state index in [-0.39, 0.29) is 23.3 Å². The third-order valence-corrected chi connectivity index (χ3v) is 4.20. The number of ether oxygens (including phenoxy) is 1. The first kappa shape index (κ1) is 15.3. The summed E-state index contributed by atoms with van der Waals surface area (Å²) in [5, 5.41) is 2.92. The van der Waals surface area contributed by atoms with Gasteiger partial charge in [0.25, 0.3) is 0 Å². The molecule has 1 aliphatic heterocycles. The van der Waals surface area contributed by atoms with Gasteiger partial charge in [-0.15, -0.1) is 0 Å². The number of rotatable bonds is 4. The summed E-state index contributed by atoms with van der Waals surface area (Å²) in [5.74, 6) is 0.261. The van der Waals surface area contributed by atoms with Gasteiger partial charge in [-0.2, -0.15) is 0 Å². The predicted molar refractivity (Wildman–Crippen MR) is 76.2 cm³/mol. The average molecular weight is 282 g/mol. The van der Waals surface area contributed by atoms with E-state index in [1.165, 1.54) is 0 Å². The molecule has 2 aliphatic rings. The maximum Gasteiger partial charge on any atom is 0.249 e. The van der Waals surface area contributed by atoms with Gasteiger partial charge in [-0.25, -0.2) is 0 Å². The number of piperazine rings is 1. The van der Waals surface area contributed by atoms with Crippen LogP contribution in [0.1, 0.15) is 47.5 Å². The molecule has 1 saturated heterocycles. The van der Waals surface area contributed by atoms with Crippen LogP contribution in [0.2, 0.25) is 0 Å². The van der Waals surface area contributed by atoms with Crippen LogP contribution in [0.25, 0.3) is 0 Å². The van der Waals surface area contributed by atoms with Crippen molar-refractivity contribution in [2.75, 3.05) is 13.2 Å². The zero-order valence-electron chi connectivity index (χ0n) is 13.2. The number of amides is 2. The van der Waals surface area contributed by atoms with Gasteiger partial charge in [-0.05, 0) is 53.4 Å². The van der Waals surface area contributed by atoms with Gasteiger partial charge in [-0.3, -0.25) is 9.59 Å². The summed E-state index contributed by atoms with van der Waals surface area (Å²) in [6.45, 7) is 10.5. The van der Waals surface area contributed by atoms with Gasteiger partial charge in [-0.1, -0.05) is 0 Å². The largest absolute Gasteiger partial charge is 0.374 e. The van der Waals surface area contributed by atoms with Crippen molar-refractivity contribution in [1.29, 1.82) is 0 Å². The Morgan fingerprint density at radius 1 is 1.35 bits per heavy atom. The second kappa shape index (κ2) is 5.02. The van der Waals surface area contributed by atoms with Crippen molar-refractivity contribution in [3.05, 3.63) is 0 Å². The molecular weight excluding hydrogens is 256 g/mol. The fraction of sp³-hybridized carbons (Fsp3) is 0.867. The Hall–Kier alpha value is -1.10. The lowest BCUT2D eigenvalue weighted by molar-refractivity contribution is -0.156. The monoisotopic (exact) mass is 282 g/mol. The highest BCUT2D eigenvalue weighted by atomic mass is 16.5. The van der Waals surface area contributed by atoms with E-state index in [0.717, 1.165) is 12.8 Å². The van der Waals surface area contributed by atoms with Crippen molar-refractivity contribution in [3.8, 4) is 0 Å². The van der Waals surface area contributed by atoms with E-state index in [4.69, 9.17) is 4.74 Å². The van der Waals surface area contributed by atoms with E-state index in [9.17, 15) is 9.59 Å². The molecule has 0 bridgehead atoms. The molecule has 1 N–H and O–H groups in total. The molecule has 0 radical (unpaired) electrons. The van der Waals surface area contributed by atoms with Crippen LogP contribution in [0, 0.1) is 5.92 Å². The molecule has 0 spiro atoms. The topological polar surface area (TPSA) is 58.6 Å². The molecular formula is C15H26N2O3. The van der Waals surface area contributed by atoms with Crippen molar-refractivity contribution in [3.63, 3.8) is 0 Å². The highest BCUT2D eigenvalue weighted by Gasteiger charge is 2.54. The zero-order valence-corrected chi connectivity index (χ0v) is 13.2. The number of nitrogens with one attached hydrogen (secondary N) is 1. The van der Waals surface area contributed by atoms with Crippen LogP contribution in [0.15, 0.2) is 0 Å². The Balaban J connectivity index is 2.05. The van der Waals surface area contributed by atoms with Crippen LogP contribution in [0.4, 0.5) is 0 Å². The molecule has 0 aromatic carbocycles. The second-order valence-corrected chi connectivity index (χ2v) is 7.10. The van der Waals surface area contributed by atoms with Gasteiger partial charge in [0.2, 0.25) is 11.8 Å². The van der Waals surface area contributed by atoms with Gasteiger partial charge in [0.05, 0.1) is 12.2 Å². The molecule has 2 rings (SSSR count). The molecule has 0 aromatic heterocycles. The van der Waals surface area contributed by atoms with Gasteiger partial charge >= 0.3 is 0 Å². The molecule has 2 amide bonds. The Labute approximate surface area is 121 Å². The summed E-state index contributed by atoms with van der Waals surface area (Å²) in [5.41, 5.74) is -0.949. The normalized spacial score (nSPS) is 31.4. The van der Waals surface area contributed by atoms with E-state index in [0.29, 0.717) is 13.2 Å².